The largest absolute Gasteiger partial charge is 0.480 e. The van der Waals surface area contributed by atoms with E-state index in [1.807, 2.05) is 24.3 Å². The Morgan fingerprint density at radius 2 is 1.54 bits per heavy atom. The number of nitrogens with one attached hydrogen (secondary N) is 3. The number of carbonyl (C=O) groups excluding carboxylic acids is 3. The van der Waals surface area contributed by atoms with Crippen molar-refractivity contribution in [3.63, 3.8) is 0 Å². The van der Waals surface area contributed by atoms with Crippen molar-refractivity contribution in [2.24, 2.45) is 11.5 Å². The SMILES string of the molecule is NC(=O)CCC(NC(=O)C(N)Cc1c[nH]c2ccccc12)C(=O)NC(Cc1ccccc1)C(=O)O. The number of aliphatic carboxylic acids is 1. The molecular formula is C25H29N5O5. The van der Waals surface area contributed by atoms with E-state index < -0.39 is 41.8 Å². The van der Waals surface area contributed by atoms with Crippen molar-refractivity contribution >= 4 is 34.6 Å². The van der Waals surface area contributed by atoms with E-state index in [1.54, 1.807) is 36.5 Å². The Kier molecular flexibility index (Phi) is 8.58. The summed E-state index contributed by atoms with van der Waals surface area (Å²) in [6.45, 7) is 0. The summed E-state index contributed by atoms with van der Waals surface area (Å²) in [4.78, 5) is 51.9. The number of carbonyl (C=O) groups is 4. The number of para-hydroxylation sites is 1. The molecule has 0 spiro atoms. The molecule has 0 aliphatic rings. The van der Waals surface area contributed by atoms with Crippen LogP contribution in [-0.2, 0) is 32.0 Å². The van der Waals surface area contributed by atoms with Gasteiger partial charge in [-0.1, -0.05) is 48.5 Å². The Balaban J connectivity index is 1.68. The first-order valence-corrected chi connectivity index (χ1v) is 11.2. The van der Waals surface area contributed by atoms with E-state index in [0.29, 0.717) is 0 Å². The van der Waals surface area contributed by atoms with Crippen molar-refractivity contribution in [1.82, 2.24) is 15.6 Å². The number of primary amides is 1. The highest BCUT2D eigenvalue weighted by Crippen LogP contribution is 2.19. The van der Waals surface area contributed by atoms with Gasteiger partial charge in [0.1, 0.15) is 12.1 Å². The number of benzene rings is 2. The van der Waals surface area contributed by atoms with E-state index in [2.05, 4.69) is 15.6 Å². The second kappa shape index (κ2) is 11.8. The number of H-pyrrole nitrogens is 1. The fraction of sp³-hybridized carbons (Fsp3) is 0.280. The molecule has 184 valence electrons. The van der Waals surface area contributed by atoms with E-state index in [0.717, 1.165) is 22.0 Å². The summed E-state index contributed by atoms with van der Waals surface area (Å²) in [5.74, 6) is -3.21. The molecule has 10 nitrogen and oxygen atoms in total. The predicted molar refractivity (Wildman–Crippen MR) is 130 cm³/mol. The molecular weight excluding hydrogens is 450 g/mol. The molecule has 3 rings (SSSR count). The van der Waals surface area contributed by atoms with Crippen LogP contribution in [0.2, 0.25) is 0 Å². The molecule has 3 unspecified atom stereocenters. The van der Waals surface area contributed by atoms with Crippen LogP contribution < -0.4 is 22.1 Å². The summed E-state index contributed by atoms with van der Waals surface area (Å²) in [6, 6.07) is 13.0. The molecule has 0 bridgehead atoms. The Hall–Kier alpha value is -4.18. The molecule has 2 aromatic carbocycles. The van der Waals surface area contributed by atoms with Crippen LogP contribution >= 0.6 is 0 Å². The van der Waals surface area contributed by atoms with Crippen molar-refractivity contribution in [2.45, 2.75) is 43.8 Å². The van der Waals surface area contributed by atoms with E-state index in [4.69, 9.17) is 11.5 Å². The zero-order valence-electron chi connectivity index (χ0n) is 19.1. The molecule has 8 N–H and O–H groups in total. The van der Waals surface area contributed by atoms with Crippen LogP contribution in [0.1, 0.15) is 24.0 Å². The van der Waals surface area contributed by atoms with Crippen molar-refractivity contribution in [3.8, 4) is 0 Å². The molecule has 0 aliphatic carbocycles. The molecule has 0 saturated heterocycles. The normalized spacial score (nSPS) is 13.5. The predicted octanol–water partition coefficient (Wildman–Crippen LogP) is 0.600. The van der Waals surface area contributed by atoms with Gasteiger partial charge in [-0.3, -0.25) is 14.4 Å². The summed E-state index contributed by atoms with van der Waals surface area (Å²) in [5, 5.41) is 15.5. The van der Waals surface area contributed by atoms with Crippen LogP contribution in [-0.4, -0.2) is 51.9 Å². The first-order chi connectivity index (χ1) is 16.7. The third-order valence-corrected chi connectivity index (χ3v) is 5.66. The maximum absolute atomic E-state index is 12.9. The van der Waals surface area contributed by atoms with Crippen LogP contribution in [0.4, 0.5) is 0 Å². The Labute approximate surface area is 202 Å². The number of aromatic nitrogens is 1. The number of rotatable bonds is 12. The fourth-order valence-corrected chi connectivity index (χ4v) is 3.79. The summed E-state index contributed by atoms with van der Waals surface area (Å²) in [6.07, 6.45) is 1.78. The van der Waals surface area contributed by atoms with E-state index in [1.165, 1.54) is 0 Å². The molecule has 0 radical (unpaired) electrons. The molecule has 0 fully saturated rings. The van der Waals surface area contributed by atoms with Crippen LogP contribution in [0.5, 0.6) is 0 Å². The Bertz CT molecular complexity index is 1190. The fourth-order valence-electron chi connectivity index (χ4n) is 3.79. The number of amides is 3. The number of aromatic amines is 1. The zero-order valence-corrected chi connectivity index (χ0v) is 19.1. The van der Waals surface area contributed by atoms with E-state index >= 15 is 0 Å². The number of nitrogens with two attached hydrogens (primary N) is 2. The first kappa shape index (κ1) is 25.4. The van der Waals surface area contributed by atoms with Crippen molar-refractivity contribution in [2.75, 3.05) is 0 Å². The lowest BCUT2D eigenvalue weighted by Gasteiger charge is -2.23. The Morgan fingerprint density at radius 3 is 2.23 bits per heavy atom. The topological polar surface area (TPSA) is 180 Å². The van der Waals surface area contributed by atoms with Gasteiger partial charge < -0.3 is 32.2 Å². The van der Waals surface area contributed by atoms with Crippen LogP contribution in [0.15, 0.2) is 60.8 Å². The lowest BCUT2D eigenvalue weighted by molar-refractivity contribution is -0.142. The minimum absolute atomic E-state index is 0.0540. The van der Waals surface area contributed by atoms with Gasteiger partial charge in [-0.15, -0.1) is 0 Å². The standard InChI is InChI=1S/C25H29N5O5/c26-18(13-16-14-28-19-9-5-4-8-17(16)19)23(32)29-20(10-11-22(27)31)24(33)30-21(25(34)35)12-15-6-2-1-3-7-15/h1-9,14,18,20-21,28H,10-13,26H2,(H2,27,31)(H,29,32)(H,30,33)(H,34,35). The highest BCUT2D eigenvalue weighted by atomic mass is 16.4. The van der Waals surface area contributed by atoms with Gasteiger partial charge in [-0.25, -0.2) is 4.79 Å². The number of hydrogen-bond acceptors (Lipinski definition) is 5. The van der Waals surface area contributed by atoms with Crippen LogP contribution in [0.25, 0.3) is 10.9 Å². The van der Waals surface area contributed by atoms with Crippen LogP contribution in [0.3, 0.4) is 0 Å². The third-order valence-electron chi connectivity index (χ3n) is 5.66. The van der Waals surface area contributed by atoms with Crippen molar-refractivity contribution in [3.05, 3.63) is 71.9 Å². The van der Waals surface area contributed by atoms with E-state index in [-0.39, 0.29) is 25.7 Å². The number of fused-ring (bicyclic) bond motifs is 1. The van der Waals surface area contributed by atoms with Gasteiger partial charge in [0.2, 0.25) is 17.7 Å². The van der Waals surface area contributed by atoms with Gasteiger partial charge in [0, 0.05) is 29.9 Å². The molecule has 10 heteroatoms. The summed E-state index contributed by atoms with van der Waals surface area (Å²) in [5.41, 5.74) is 13.8. The van der Waals surface area contributed by atoms with Crippen molar-refractivity contribution in [1.29, 1.82) is 0 Å². The minimum atomic E-state index is -1.22. The Morgan fingerprint density at radius 1 is 0.886 bits per heavy atom. The summed E-state index contributed by atoms with van der Waals surface area (Å²) in [7, 11) is 0. The molecule has 0 aliphatic heterocycles. The highest BCUT2D eigenvalue weighted by molar-refractivity contribution is 5.92. The molecule has 35 heavy (non-hydrogen) atoms. The second-order valence-electron chi connectivity index (χ2n) is 8.33. The maximum Gasteiger partial charge on any atom is 0.326 e. The third kappa shape index (κ3) is 7.15. The summed E-state index contributed by atoms with van der Waals surface area (Å²) >= 11 is 0. The molecule has 3 amide bonds. The zero-order chi connectivity index (χ0) is 25.4. The van der Waals surface area contributed by atoms with Gasteiger partial charge in [-0.05, 0) is 30.0 Å². The lowest BCUT2D eigenvalue weighted by Crippen LogP contribution is -2.55. The molecule has 1 heterocycles. The summed E-state index contributed by atoms with van der Waals surface area (Å²) < 4.78 is 0. The van der Waals surface area contributed by atoms with Gasteiger partial charge in [0.25, 0.3) is 0 Å². The average molecular weight is 480 g/mol. The molecule has 0 saturated carbocycles. The second-order valence-corrected chi connectivity index (χ2v) is 8.33. The minimum Gasteiger partial charge on any atom is -0.480 e. The average Bonchev–Trinajstić information content (AvgIpc) is 3.24. The lowest BCUT2D eigenvalue weighted by atomic mass is 10.0. The van der Waals surface area contributed by atoms with Crippen LogP contribution in [0, 0.1) is 0 Å². The van der Waals surface area contributed by atoms with E-state index in [9.17, 15) is 24.3 Å². The number of carboxylic acid groups (broad SMARTS) is 1. The highest BCUT2D eigenvalue weighted by Gasteiger charge is 2.28. The molecule has 3 atom stereocenters. The number of carboxylic acids is 1. The molecule has 1 aromatic heterocycles. The maximum atomic E-state index is 12.9. The van der Waals surface area contributed by atoms with Crippen molar-refractivity contribution < 1.29 is 24.3 Å². The first-order valence-electron chi connectivity index (χ1n) is 11.2. The van der Waals surface area contributed by atoms with Gasteiger partial charge in [0.15, 0.2) is 0 Å². The van der Waals surface area contributed by atoms with Gasteiger partial charge >= 0.3 is 5.97 Å². The monoisotopic (exact) mass is 479 g/mol. The van der Waals surface area contributed by atoms with Gasteiger partial charge in [-0.2, -0.15) is 0 Å². The van der Waals surface area contributed by atoms with Gasteiger partial charge in [0.05, 0.1) is 6.04 Å². The smallest absolute Gasteiger partial charge is 0.326 e. The quantitative estimate of drug-likeness (QED) is 0.221. The molecule has 3 aromatic rings. The number of hydrogen-bond donors (Lipinski definition) is 6.